The molecular weight excluding hydrogens is 639 g/mol. The van der Waals surface area contributed by atoms with Crippen molar-refractivity contribution in [3.63, 3.8) is 0 Å². The Labute approximate surface area is 292 Å². The molecule has 4 aliphatic rings. The fourth-order valence-electron chi connectivity index (χ4n) is 9.01. The number of aryl methyl sites for hydroxylation is 2. The van der Waals surface area contributed by atoms with Gasteiger partial charge < -0.3 is 5.11 Å². The molecule has 246 valence electrons. The Balaban J connectivity index is 1.06. The van der Waals surface area contributed by atoms with Crippen LogP contribution in [-0.2, 0) is 35.3 Å². The van der Waals surface area contributed by atoms with Crippen LogP contribution in [0.1, 0.15) is 54.9 Å². The number of ketones is 1. The molecule has 2 spiro atoms. The maximum Gasteiger partial charge on any atom is 0.317 e. The van der Waals surface area contributed by atoms with Crippen molar-refractivity contribution in [3.05, 3.63) is 105 Å². The first kappa shape index (κ1) is 31.8. The topological polar surface area (TPSA) is 60.9 Å². The van der Waals surface area contributed by atoms with E-state index >= 15 is 0 Å². The molecule has 2 fully saturated rings. The molecule has 2 aliphatic carbocycles. The van der Waals surface area contributed by atoms with Crippen molar-refractivity contribution >= 4 is 35.0 Å². The van der Waals surface area contributed by atoms with E-state index in [2.05, 4.69) is 70.5 Å². The molecule has 0 amide bonds. The van der Waals surface area contributed by atoms with Crippen LogP contribution in [0, 0.1) is 0 Å². The second-order valence-electron chi connectivity index (χ2n) is 14.5. The van der Waals surface area contributed by atoms with E-state index in [0.29, 0.717) is 16.6 Å². The highest BCUT2D eigenvalue weighted by Crippen LogP contribution is 2.47. The lowest BCUT2D eigenvalue weighted by Gasteiger charge is -2.55. The van der Waals surface area contributed by atoms with Gasteiger partial charge in [0, 0.05) is 46.4 Å². The zero-order valence-electron chi connectivity index (χ0n) is 27.3. The number of benzene rings is 4. The number of hydrogen-bond donors (Lipinski definition) is 1. The molecule has 5 nitrogen and oxygen atoms in total. The molecule has 2 heterocycles. The Morgan fingerprint density at radius 2 is 1.10 bits per heavy atom. The van der Waals surface area contributed by atoms with Crippen LogP contribution in [0.4, 0.5) is 0 Å². The van der Waals surface area contributed by atoms with Gasteiger partial charge in [-0.25, -0.2) is 0 Å². The van der Waals surface area contributed by atoms with Crippen LogP contribution in [0.15, 0.2) is 72.8 Å². The van der Waals surface area contributed by atoms with Gasteiger partial charge in [0.05, 0.1) is 23.1 Å². The van der Waals surface area contributed by atoms with E-state index in [1.807, 2.05) is 12.1 Å². The van der Waals surface area contributed by atoms with E-state index < -0.39 is 5.97 Å². The average Bonchev–Trinajstić information content (AvgIpc) is 3.08. The summed E-state index contributed by atoms with van der Waals surface area (Å²) in [4.78, 5) is 27.8. The SMILES string of the molecule is CC(=O)CN1CCC12CCc1cc(-c3cccc(-c4cccc(-c5ccc6c(c5)CCC5(CCN5CC(=O)O)C6)c4Cl)c3Cl)ccc1C2. The van der Waals surface area contributed by atoms with E-state index in [0.717, 1.165) is 97.8 Å². The van der Waals surface area contributed by atoms with Crippen molar-refractivity contribution in [3.8, 4) is 33.4 Å². The molecule has 0 bridgehead atoms. The van der Waals surface area contributed by atoms with Gasteiger partial charge in [0.1, 0.15) is 5.78 Å². The van der Waals surface area contributed by atoms with Gasteiger partial charge in [0.25, 0.3) is 0 Å². The molecule has 4 aromatic carbocycles. The summed E-state index contributed by atoms with van der Waals surface area (Å²) in [6.07, 6.45) is 8.12. The molecule has 1 N–H and O–H groups in total. The Morgan fingerprint density at radius 1 is 0.646 bits per heavy atom. The molecule has 7 heteroatoms. The number of hydrogen-bond acceptors (Lipinski definition) is 4. The number of carboxylic acids is 1. The largest absolute Gasteiger partial charge is 0.480 e. The van der Waals surface area contributed by atoms with Gasteiger partial charge in [-0.2, -0.15) is 0 Å². The van der Waals surface area contributed by atoms with E-state index in [1.54, 1.807) is 6.92 Å². The standard InChI is InChI=1S/C41H40Cl2N2O3/c1-26(46)24-44-18-16-40(44)14-12-27-20-29(8-10-31(27)22-40)33-4-2-6-35(38(33)42)36-7-3-5-34(39(36)43)30-9-11-32-23-41(15-13-28(32)21-30)17-19-45(41)25-37(47)48/h2-11,20-21H,12-19,22-25H2,1H3,(H,47,48). The highest BCUT2D eigenvalue weighted by atomic mass is 35.5. The molecule has 0 aromatic heterocycles. The number of carboxylic acid groups (broad SMARTS) is 1. The number of carbonyl (C=O) groups excluding carboxylic acids is 1. The summed E-state index contributed by atoms with van der Waals surface area (Å²) < 4.78 is 0. The van der Waals surface area contributed by atoms with Gasteiger partial charge >= 0.3 is 5.97 Å². The van der Waals surface area contributed by atoms with Crippen molar-refractivity contribution in [2.75, 3.05) is 26.2 Å². The maximum absolute atomic E-state index is 11.8. The Kier molecular flexibility index (Phi) is 8.03. The van der Waals surface area contributed by atoms with Gasteiger partial charge in [0.2, 0.25) is 0 Å². The molecule has 8 rings (SSSR count). The first-order valence-corrected chi connectivity index (χ1v) is 17.9. The Hall–Kier alpha value is -3.48. The molecule has 0 saturated carbocycles. The van der Waals surface area contributed by atoms with E-state index in [-0.39, 0.29) is 23.4 Å². The van der Waals surface area contributed by atoms with Gasteiger partial charge in [-0.15, -0.1) is 0 Å². The minimum atomic E-state index is -0.751. The van der Waals surface area contributed by atoms with E-state index in [9.17, 15) is 14.7 Å². The summed E-state index contributed by atoms with van der Waals surface area (Å²) in [7, 11) is 0. The summed E-state index contributed by atoms with van der Waals surface area (Å²) >= 11 is 14.4. The van der Waals surface area contributed by atoms with Crippen molar-refractivity contribution in [2.24, 2.45) is 0 Å². The predicted molar refractivity (Wildman–Crippen MR) is 193 cm³/mol. The number of fused-ring (bicyclic) bond motifs is 2. The van der Waals surface area contributed by atoms with Crippen LogP contribution >= 0.6 is 23.2 Å². The minimum Gasteiger partial charge on any atom is -0.480 e. The fraction of sp³-hybridized carbons (Fsp3) is 0.366. The smallest absolute Gasteiger partial charge is 0.317 e. The third-order valence-electron chi connectivity index (χ3n) is 11.9. The van der Waals surface area contributed by atoms with Crippen LogP contribution < -0.4 is 0 Å². The number of Topliss-reactive ketones (excluding diaryl/α,β-unsaturated/α-hetero) is 1. The highest BCUT2D eigenvalue weighted by molar-refractivity contribution is 6.39. The summed E-state index contributed by atoms with van der Waals surface area (Å²) in [5.41, 5.74) is 11.5. The van der Waals surface area contributed by atoms with Gasteiger partial charge in [-0.1, -0.05) is 96.0 Å². The third-order valence-corrected chi connectivity index (χ3v) is 12.7. The van der Waals surface area contributed by atoms with Crippen molar-refractivity contribution < 1.29 is 14.7 Å². The summed E-state index contributed by atoms with van der Waals surface area (Å²) in [6, 6.07) is 25.8. The summed E-state index contributed by atoms with van der Waals surface area (Å²) in [5.74, 6) is -0.508. The molecule has 2 saturated heterocycles. The number of nitrogens with zero attached hydrogens (tertiary/aromatic N) is 2. The molecule has 2 aliphatic heterocycles. The normalized spacial score (nSPS) is 23.3. The molecule has 2 unspecified atom stereocenters. The summed E-state index contributed by atoms with van der Waals surface area (Å²) in [6.45, 7) is 4.24. The fourth-order valence-corrected chi connectivity index (χ4v) is 9.68. The number of likely N-dealkylation sites (tertiary alicyclic amines) is 2. The quantitative estimate of drug-likeness (QED) is 0.212. The third kappa shape index (κ3) is 5.40. The maximum atomic E-state index is 11.8. The Morgan fingerprint density at radius 3 is 1.52 bits per heavy atom. The van der Waals surface area contributed by atoms with E-state index in [4.69, 9.17) is 23.2 Å². The van der Waals surface area contributed by atoms with Crippen LogP contribution in [0.5, 0.6) is 0 Å². The monoisotopic (exact) mass is 678 g/mol. The molecule has 0 radical (unpaired) electrons. The first-order chi connectivity index (χ1) is 23.1. The lowest BCUT2D eigenvalue weighted by molar-refractivity contribution is -0.144. The number of halogens is 2. The van der Waals surface area contributed by atoms with Gasteiger partial charge in [-0.05, 0) is 91.7 Å². The van der Waals surface area contributed by atoms with Crippen molar-refractivity contribution in [2.45, 2.75) is 69.4 Å². The second-order valence-corrected chi connectivity index (χ2v) is 15.3. The molecule has 2 atom stereocenters. The zero-order chi connectivity index (χ0) is 33.2. The number of carbonyl (C=O) groups is 2. The van der Waals surface area contributed by atoms with Crippen molar-refractivity contribution in [1.82, 2.24) is 9.80 Å². The minimum absolute atomic E-state index is 0.0134. The highest BCUT2D eigenvalue weighted by Gasteiger charge is 2.47. The average molecular weight is 680 g/mol. The lowest BCUT2D eigenvalue weighted by Crippen LogP contribution is -2.63. The molecule has 48 heavy (non-hydrogen) atoms. The van der Waals surface area contributed by atoms with Gasteiger partial charge in [-0.3, -0.25) is 19.4 Å². The number of aliphatic carboxylic acids is 1. The van der Waals surface area contributed by atoms with Crippen LogP contribution in [0.2, 0.25) is 10.0 Å². The Bertz CT molecular complexity index is 1830. The van der Waals surface area contributed by atoms with Crippen LogP contribution in [0.25, 0.3) is 33.4 Å². The van der Waals surface area contributed by atoms with E-state index in [1.165, 1.54) is 22.3 Å². The summed E-state index contributed by atoms with van der Waals surface area (Å²) in [5, 5.41) is 10.7. The first-order valence-electron chi connectivity index (χ1n) is 17.2. The molecular formula is C41H40Cl2N2O3. The molecule has 4 aromatic rings. The second kappa shape index (κ2) is 12.1. The predicted octanol–water partition coefficient (Wildman–Crippen LogP) is 8.53. The van der Waals surface area contributed by atoms with Gasteiger partial charge in [0.15, 0.2) is 0 Å². The number of rotatable bonds is 7. The lowest BCUT2D eigenvalue weighted by atomic mass is 9.70. The zero-order valence-corrected chi connectivity index (χ0v) is 28.8. The van der Waals surface area contributed by atoms with Crippen LogP contribution in [0.3, 0.4) is 0 Å². The van der Waals surface area contributed by atoms with Crippen molar-refractivity contribution in [1.29, 1.82) is 0 Å². The van der Waals surface area contributed by atoms with Crippen LogP contribution in [-0.4, -0.2) is 63.9 Å².